The number of benzene rings is 1. The Morgan fingerprint density at radius 1 is 1.00 bits per heavy atom. The molecule has 0 atom stereocenters. The van der Waals surface area contributed by atoms with E-state index in [2.05, 4.69) is 11.8 Å². The lowest BCUT2D eigenvalue weighted by Crippen LogP contribution is -2.27. The van der Waals surface area contributed by atoms with Crippen molar-refractivity contribution in [2.45, 2.75) is 32.9 Å². The average Bonchev–Trinajstić information content (AvgIpc) is 2.37. The highest BCUT2D eigenvalue weighted by Crippen LogP contribution is 2.08. The molecule has 0 fully saturated rings. The second-order valence-corrected chi connectivity index (χ2v) is 4.33. The number of hydrogen-bond acceptors (Lipinski definition) is 3. The third-order valence-corrected chi connectivity index (χ3v) is 2.86. The second-order valence-electron chi connectivity index (χ2n) is 4.33. The van der Waals surface area contributed by atoms with Crippen LogP contribution in [0.1, 0.15) is 30.9 Å². The largest absolute Gasteiger partial charge is 0.395 e. The molecule has 96 valence electrons. The summed E-state index contributed by atoms with van der Waals surface area (Å²) in [6.45, 7) is 5.09. The quantitative estimate of drug-likeness (QED) is 0.724. The molecule has 0 aromatic heterocycles. The second kappa shape index (κ2) is 8.23. The van der Waals surface area contributed by atoms with Crippen molar-refractivity contribution in [1.82, 2.24) is 4.90 Å². The van der Waals surface area contributed by atoms with Crippen molar-refractivity contribution in [3.63, 3.8) is 0 Å². The maximum absolute atomic E-state index is 9.02. The van der Waals surface area contributed by atoms with Crippen molar-refractivity contribution in [3.8, 4) is 0 Å². The average molecular weight is 237 g/mol. The zero-order valence-electron chi connectivity index (χ0n) is 10.6. The van der Waals surface area contributed by atoms with Gasteiger partial charge in [-0.15, -0.1) is 0 Å². The molecular formula is C14H23NO2. The first-order valence-corrected chi connectivity index (χ1v) is 6.32. The van der Waals surface area contributed by atoms with E-state index in [1.807, 2.05) is 24.3 Å². The molecule has 0 aliphatic carbocycles. The number of aliphatic hydroxyl groups excluding tert-OH is 2. The summed E-state index contributed by atoms with van der Waals surface area (Å²) < 4.78 is 0. The minimum atomic E-state index is 0.0937. The molecule has 0 bridgehead atoms. The normalized spacial score (nSPS) is 11.1. The van der Waals surface area contributed by atoms with Crippen LogP contribution in [0, 0.1) is 0 Å². The van der Waals surface area contributed by atoms with E-state index in [9.17, 15) is 0 Å². The highest BCUT2D eigenvalue weighted by atomic mass is 16.3. The van der Waals surface area contributed by atoms with Crippen LogP contribution < -0.4 is 0 Å². The Hall–Kier alpha value is -0.900. The monoisotopic (exact) mass is 237 g/mol. The first kappa shape index (κ1) is 14.2. The standard InChI is InChI=1S/C14H23NO2/c1-2-3-8-15(9-10-16)11-13-4-6-14(12-17)7-5-13/h4-7,16-17H,2-3,8-12H2,1H3. The molecule has 1 aromatic rings. The predicted molar refractivity (Wildman–Crippen MR) is 69.6 cm³/mol. The zero-order valence-corrected chi connectivity index (χ0v) is 10.6. The van der Waals surface area contributed by atoms with Gasteiger partial charge in [-0.05, 0) is 24.1 Å². The van der Waals surface area contributed by atoms with Gasteiger partial charge in [0.05, 0.1) is 13.2 Å². The van der Waals surface area contributed by atoms with Crippen LogP contribution in [-0.2, 0) is 13.2 Å². The predicted octanol–water partition coefficient (Wildman–Crippen LogP) is 1.77. The highest BCUT2D eigenvalue weighted by molar-refractivity contribution is 5.21. The summed E-state index contributed by atoms with van der Waals surface area (Å²) in [5.41, 5.74) is 2.17. The third-order valence-electron chi connectivity index (χ3n) is 2.86. The summed E-state index contributed by atoms with van der Waals surface area (Å²) in [4.78, 5) is 2.26. The summed E-state index contributed by atoms with van der Waals surface area (Å²) >= 11 is 0. The molecule has 0 radical (unpaired) electrons. The van der Waals surface area contributed by atoms with Crippen LogP contribution in [0.5, 0.6) is 0 Å². The van der Waals surface area contributed by atoms with E-state index >= 15 is 0 Å². The van der Waals surface area contributed by atoms with Gasteiger partial charge in [0.25, 0.3) is 0 Å². The minimum Gasteiger partial charge on any atom is -0.395 e. The fourth-order valence-electron chi connectivity index (χ4n) is 1.80. The zero-order chi connectivity index (χ0) is 12.5. The van der Waals surface area contributed by atoms with Crippen molar-refractivity contribution in [1.29, 1.82) is 0 Å². The van der Waals surface area contributed by atoms with Crippen LogP contribution in [0.15, 0.2) is 24.3 Å². The van der Waals surface area contributed by atoms with Gasteiger partial charge in [-0.1, -0.05) is 37.6 Å². The summed E-state index contributed by atoms with van der Waals surface area (Å²) in [7, 11) is 0. The Kier molecular flexibility index (Phi) is 6.86. The lowest BCUT2D eigenvalue weighted by Gasteiger charge is -2.21. The van der Waals surface area contributed by atoms with Gasteiger partial charge < -0.3 is 10.2 Å². The molecule has 0 aliphatic heterocycles. The Bertz CT molecular complexity index is 298. The van der Waals surface area contributed by atoms with Gasteiger partial charge >= 0.3 is 0 Å². The summed E-state index contributed by atoms with van der Waals surface area (Å²) in [6.07, 6.45) is 2.33. The maximum atomic E-state index is 9.02. The van der Waals surface area contributed by atoms with E-state index in [1.54, 1.807) is 0 Å². The molecule has 0 aliphatic rings. The molecule has 0 heterocycles. The Labute approximate surface area is 104 Å². The molecular weight excluding hydrogens is 214 g/mol. The first-order valence-electron chi connectivity index (χ1n) is 6.32. The van der Waals surface area contributed by atoms with E-state index in [-0.39, 0.29) is 13.2 Å². The van der Waals surface area contributed by atoms with E-state index in [0.717, 1.165) is 31.6 Å². The number of nitrogens with zero attached hydrogens (tertiary/aromatic N) is 1. The molecule has 17 heavy (non-hydrogen) atoms. The smallest absolute Gasteiger partial charge is 0.0681 e. The molecule has 3 nitrogen and oxygen atoms in total. The minimum absolute atomic E-state index is 0.0937. The molecule has 1 aromatic carbocycles. The third kappa shape index (κ3) is 5.31. The van der Waals surface area contributed by atoms with E-state index in [4.69, 9.17) is 10.2 Å². The summed E-state index contributed by atoms with van der Waals surface area (Å²) in [5.74, 6) is 0. The van der Waals surface area contributed by atoms with Crippen LogP contribution in [0.2, 0.25) is 0 Å². The number of rotatable bonds is 8. The lowest BCUT2D eigenvalue weighted by molar-refractivity contribution is 0.188. The van der Waals surface area contributed by atoms with Crippen LogP contribution in [0.25, 0.3) is 0 Å². The van der Waals surface area contributed by atoms with Crippen molar-refractivity contribution in [3.05, 3.63) is 35.4 Å². The molecule has 0 unspecified atom stereocenters. The fraction of sp³-hybridized carbons (Fsp3) is 0.571. The Morgan fingerprint density at radius 2 is 1.65 bits per heavy atom. The van der Waals surface area contributed by atoms with Crippen LogP contribution in [0.3, 0.4) is 0 Å². The van der Waals surface area contributed by atoms with Crippen LogP contribution >= 0.6 is 0 Å². The van der Waals surface area contributed by atoms with Gasteiger partial charge in [-0.2, -0.15) is 0 Å². The Morgan fingerprint density at radius 3 is 2.18 bits per heavy atom. The van der Waals surface area contributed by atoms with Crippen molar-refractivity contribution < 1.29 is 10.2 Å². The summed E-state index contributed by atoms with van der Waals surface area (Å²) in [6, 6.07) is 7.99. The van der Waals surface area contributed by atoms with Gasteiger partial charge in [0.15, 0.2) is 0 Å². The Balaban J connectivity index is 2.51. The number of hydrogen-bond donors (Lipinski definition) is 2. The molecule has 3 heteroatoms. The maximum Gasteiger partial charge on any atom is 0.0681 e. The molecule has 0 saturated heterocycles. The molecule has 0 saturated carbocycles. The number of unbranched alkanes of at least 4 members (excludes halogenated alkanes) is 1. The molecule has 0 amide bonds. The molecule has 2 N–H and O–H groups in total. The van der Waals surface area contributed by atoms with Crippen LogP contribution in [-0.4, -0.2) is 34.8 Å². The fourth-order valence-corrected chi connectivity index (χ4v) is 1.80. The highest BCUT2D eigenvalue weighted by Gasteiger charge is 2.04. The lowest BCUT2D eigenvalue weighted by atomic mass is 10.1. The van der Waals surface area contributed by atoms with Crippen molar-refractivity contribution in [2.24, 2.45) is 0 Å². The number of aliphatic hydroxyl groups is 2. The van der Waals surface area contributed by atoms with Gasteiger partial charge in [0.1, 0.15) is 0 Å². The van der Waals surface area contributed by atoms with E-state index < -0.39 is 0 Å². The van der Waals surface area contributed by atoms with Crippen molar-refractivity contribution >= 4 is 0 Å². The van der Waals surface area contributed by atoms with Crippen LogP contribution in [0.4, 0.5) is 0 Å². The topological polar surface area (TPSA) is 43.7 Å². The molecule has 0 spiro atoms. The van der Waals surface area contributed by atoms with Gasteiger partial charge in [0, 0.05) is 13.1 Å². The van der Waals surface area contributed by atoms with Gasteiger partial charge in [0.2, 0.25) is 0 Å². The SMILES string of the molecule is CCCCN(CCO)Cc1ccc(CO)cc1. The van der Waals surface area contributed by atoms with E-state index in [0.29, 0.717) is 0 Å². The first-order chi connectivity index (χ1) is 8.30. The molecule has 1 rings (SSSR count). The van der Waals surface area contributed by atoms with Crippen molar-refractivity contribution in [2.75, 3.05) is 19.7 Å². The van der Waals surface area contributed by atoms with Gasteiger partial charge in [-0.3, -0.25) is 4.90 Å². The van der Waals surface area contributed by atoms with Gasteiger partial charge in [-0.25, -0.2) is 0 Å². The summed E-state index contributed by atoms with van der Waals surface area (Å²) in [5, 5.41) is 18.0. The van der Waals surface area contributed by atoms with E-state index in [1.165, 1.54) is 12.0 Å².